The number of benzene rings is 2. The fraction of sp³-hybridized carbons (Fsp3) is 0.143. The first kappa shape index (κ1) is 14.7. The van der Waals surface area contributed by atoms with Crippen LogP contribution < -0.4 is 11.1 Å². The molecule has 0 aliphatic carbocycles. The van der Waals surface area contributed by atoms with Crippen molar-refractivity contribution >= 4 is 33.0 Å². The Balaban J connectivity index is 2.46. The maximum atomic E-state index is 13.0. The Morgan fingerprint density at radius 2 is 1.80 bits per heavy atom. The minimum atomic E-state index is -4.46. The lowest BCUT2D eigenvalue weighted by Gasteiger charge is -2.16. The average Bonchev–Trinajstić information content (AvgIpc) is 2.36. The second-order valence-corrected chi connectivity index (χ2v) is 5.16. The minimum Gasteiger partial charge on any atom is -0.399 e. The van der Waals surface area contributed by atoms with Gasteiger partial charge in [-0.25, -0.2) is 0 Å². The number of hydrogen-bond donors (Lipinski definition) is 2. The topological polar surface area (TPSA) is 38.0 Å². The summed E-state index contributed by atoms with van der Waals surface area (Å²) in [5.74, 6) is 0. The third-order valence-electron chi connectivity index (χ3n) is 2.81. The van der Waals surface area contributed by atoms with Gasteiger partial charge >= 0.3 is 6.18 Å². The van der Waals surface area contributed by atoms with Crippen molar-refractivity contribution in [3.05, 3.63) is 52.0 Å². The minimum absolute atomic E-state index is 0.0296. The van der Waals surface area contributed by atoms with Gasteiger partial charge in [0.15, 0.2) is 0 Å². The molecule has 0 amide bonds. The molecule has 106 valence electrons. The summed E-state index contributed by atoms with van der Waals surface area (Å²) >= 11 is 3.36. The van der Waals surface area contributed by atoms with Gasteiger partial charge in [0.2, 0.25) is 0 Å². The standard InChI is InChI=1S/C14H12BrF3N2/c1-8-3-2-4-12(13(8)15)20-11-6-5-9(19)7-10(11)14(16,17)18/h2-7,20H,19H2,1H3. The van der Waals surface area contributed by atoms with Crippen LogP contribution in [0.25, 0.3) is 0 Å². The number of hydrogen-bond acceptors (Lipinski definition) is 2. The highest BCUT2D eigenvalue weighted by Gasteiger charge is 2.33. The van der Waals surface area contributed by atoms with E-state index >= 15 is 0 Å². The lowest BCUT2D eigenvalue weighted by Crippen LogP contribution is -2.09. The van der Waals surface area contributed by atoms with Crippen LogP contribution in [0, 0.1) is 6.92 Å². The van der Waals surface area contributed by atoms with E-state index in [0.717, 1.165) is 16.1 Å². The molecule has 0 radical (unpaired) electrons. The molecule has 3 N–H and O–H groups in total. The molecule has 6 heteroatoms. The zero-order valence-corrected chi connectivity index (χ0v) is 12.1. The van der Waals surface area contributed by atoms with Crippen molar-refractivity contribution in [2.45, 2.75) is 13.1 Å². The molecule has 0 atom stereocenters. The molecule has 0 saturated carbocycles. The molecule has 2 nitrogen and oxygen atoms in total. The van der Waals surface area contributed by atoms with Gasteiger partial charge in [-0.1, -0.05) is 12.1 Å². The van der Waals surface area contributed by atoms with E-state index in [1.54, 1.807) is 12.1 Å². The molecule has 0 unspecified atom stereocenters. The molecule has 2 aromatic carbocycles. The van der Waals surface area contributed by atoms with Gasteiger partial charge in [-0.2, -0.15) is 13.2 Å². The van der Waals surface area contributed by atoms with E-state index in [1.165, 1.54) is 12.1 Å². The van der Waals surface area contributed by atoms with E-state index in [0.29, 0.717) is 5.69 Å². The Morgan fingerprint density at radius 1 is 1.10 bits per heavy atom. The number of rotatable bonds is 2. The summed E-state index contributed by atoms with van der Waals surface area (Å²) in [7, 11) is 0. The van der Waals surface area contributed by atoms with Gasteiger partial charge < -0.3 is 11.1 Å². The van der Waals surface area contributed by atoms with E-state index in [1.807, 2.05) is 13.0 Å². The van der Waals surface area contributed by atoms with Gasteiger partial charge in [0.1, 0.15) is 0 Å². The monoisotopic (exact) mass is 344 g/mol. The van der Waals surface area contributed by atoms with Crippen LogP contribution in [0.1, 0.15) is 11.1 Å². The summed E-state index contributed by atoms with van der Waals surface area (Å²) in [6.45, 7) is 1.86. The molecule has 0 heterocycles. The predicted octanol–water partition coefficient (Wildman–Crippen LogP) is 5.10. The first-order chi connectivity index (χ1) is 9.29. The summed E-state index contributed by atoms with van der Waals surface area (Å²) in [6.07, 6.45) is -4.46. The molecule has 2 rings (SSSR count). The van der Waals surface area contributed by atoms with Gasteiger partial charge in [-0.05, 0) is 52.7 Å². The summed E-state index contributed by atoms with van der Waals surface area (Å²) in [5, 5.41) is 2.79. The number of anilines is 3. The van der Waals surface area contributed by atoms with E-state index in [4.69, 9.17) is 5.73 Å². The molecule has 0 bridgehead atoms. The molecular formula is C14H12BrF3N2. The van der Waals surface area contributed by atoms with Crippen LogP contribution in [0.4, 0.5) is 30.2 Å². The maximum Gasteiger partial charge on any atom is 0.418 e. The van der Waals surface area contributed by atoms with E-state index in [9.17, 15) is 13.2 Å². The second-order valence-electron chi connectivity index (χ2n) is 4.36. The molecule has 0 saturated heterocycles. The maximum absolute atomic E-state index is 13.0. The Kier molecular flexibility index (Phi) is 3.94. The van der Waals surface area contributed by atoms with Crippen molar-refractivity contribution < 1.29 is 13.2 Å². The molecule has 0 aromatic heterocycles. The molecule has 0 aliphatic heterocycles. The second kappa shape index (κ2) is 5.36. The molecule has 2 aromatic rings. The van der Waals surface area contributed by atoms with Crippen molar-refractivity contribution in [3.63, 3.8) is 0 Å². The predicted molar refractivity (Wildman–Crippen MR) is 78.0 cm³/mol. The van der Waals surface area contributed by atoms with Crippen molar-refractivity contribution in [3.8, 4) is 0 Å². The van der Waals surface area contributed by atoms with Crippen LogP contribution in [-0.4, -0.2) is 0 Å². The highest BCUT2D eigenvalue weighted by molar-refractivity contribution is 9.10. The van der Waals surface area contributed by atoms with Crippen LogP contribution in [-0.2, 0) is 6.18 Å². The summed E-state index contributed by atoms with van der Waals surface area (Å²) < 4.78 is 39.7. The van der Waals surface area contributed by atoms with Crippen molar-refractivity contribution in [2.24, 2.45) is 0 Å². The van der Waals surface area contributed by atoms with Gasteiger partial charge in [-0.3, -0.25) is 0 Å². The zero-order valence-electron chi connectivity index (χ0n) is 10.6. The fourth-order valence-electron chi connectivity index (χ4n) is 1.79. The number of nitrogens with one attached hydrogen (secondary N) is 1. The largest absolute Gasteiger partial charge is 0.418 e. The third-order valence-corrected chi connectivity index (χ3v) is 3.86. The van der Waals surface area contributed by atoms with Crippen LogP contribution in [0.5, 0.6) is 0 Å². The molecule has 0 aliphatic rings. The quantitative estimate of drug-likeness (QED) is 0.743. The average molecular weight is 345 g/mol. The summed E-state index contributed by atoms with van der Waals surface area (Å²) in [5.41, 5.74) is 6.19. The third kappa shape index (κ3) is 3.07. The van der Waals surface area contributed by atoms with Gasteiger partial charge in [0.25, 0.3) is 0 Å². The van der Waals surface area contributed by atoms with Crippen LogP contribution in [0.2, 0.25) is 0 Å². The van der Waals surface area contributed by atoms with Crippen molar-refractivity contribution in [1.29, 1.82) is 0 Å². The normalized spacial score (nSPS) is 11.4. The fourth-order valence-corrected chi connectivity index (χ4v) is 2.16. The Hall–Kier alpha value is -1.69. The lowest BCUT2D eigenvalue weighted by atomic mass is 10.1. The number of halogens is 4. The van der Waals surface area contributed by atoms with Crippen molar-refractivity contribution in [2.75, 3.05) is 11.1 Å². The summed E-state index contributed by atoms with van der Waals surface area (Å²) in [4.78, 5) is 0. The van der Waals surface area contributed by atoms with E-state index < -0.39 is 11.7 Å². The molecule has 0 spiro atoms. The van der Waals surface area contributed by atoms with E-state index in [-0.39, 0.29) is 11.4 Å². The zero-order chi connectivity index (χ0) is 14.9. The Bertz CT molecular complexity index is 639. The lowest BCUT2D eigenvalue weighted by molar-refractivity contribution is -0.136. The van der Waals surface area contributed by atoms with Gasteiger partial charge in [0.05, 0.1) is 16.9 Å². The first-order valence-corrected chi connectivity index (χ1v) is 6.57. The highest BCUT2D eigenvalue weighted by Crippen LogP contribution is 2.38. The Morgan fingerprint density at radius 3 is 2.45 bits per heavy atom. The van der Waals surface area contributed by atoms with Crippen LogP contribution in [0.3, 0.4) is 0 Å². The number of aryl methyl sites for hydroxylation is 1. The molecule has 20 heavy (non-hydrogen) atoms. The van der Waals surface area contributed by atoms with Gasteiger partial charge in [0, 0.05) is 10.2 Å². The molecular weight excluding hydrogens is 333 g/mol. The van der Waals surface area contributed by atoms with E-state index in [2.05, 4.69) is 21.2 Å². The van der Waals surface area contributed by atoms with Crippen LogP contribution in [0.15, 0.2) is 40.9 Å². The number of alkyl halides is 3. The molecule has 0 fully saturated rings. The van der Waals surface area contributed by atoms with Crippen LogP contribution >= 0.6 is 15.9 Å². The smallest absolute Gasteiger partial charge is 0.399 e. The summed E-state index contributed by atoms with van der Waals surface area (Å²) in [6, 6.07) is 9.02. The first-order valence-electron chi connectivity index (χ1n) is 5.78. The highest BCUT2D eigenvalue weighted by atomic mass is 79.9. The number of nitrogens with two attached hydrogens (primary N) is 1. The van der Waals surface area contributed by atoms with Gasteiger partial charge in [-0.15, -0.1) is 0 Å². The van der Waals surface area contributed by atoms with Crippen molar-refractivity contribution in [1.82, 2.24) is 0 Å². The SMILES string of the molecule is Cc1cccc(Nc2ccc(N)cc2C(F)(F)F)c1Br. The number of nitrogen functional groups attached to an aromatic ring is 1. The Labute approximate surface area is 122 Å².